The Morgan fingerprint density at radius 1 is 1.17 bits per heavy atom. The molecule has 0 saturated carbocycles. The number of halogens is 1. The Kier molecular flexibility index (Phi) is 3.74. The molecule has 2 amide bonds. The van der Waals surface area contributed by atoms with Crippen molar-refractivity contribution in [2.45, 2.75) is 25.4 Å². The predicted octanol–water partition coefficient (Wildman–Crippen LogP) is 2.82. The number of nitrogens with zero attached hydrogens (tertiary/aromatic N) is 1. The summed E-state index contributed by atoms with van der Waals surface area (Å²) < 4.78 is 5.85. The van der Waals surface area contributed by atoms with Gasteiger partial charge in [0.15, 0.2) is 0 Å². The molecule has 1 aromatic rings. The SMILES string of the molecule is O=C1C2CC=C(Cl)CC2C(=O)N1CC1OCCc2ccccc21. The van der Waals surface area contributed by atoms with Gasteiger partial charge in [0.25, 0.3) is 0 Å². The van der Waals surface area contributed by atoms with Gasteiger partial charge in [-0.1, -0.05) is 41.9 Å². The van der Waals surface area contributed by atoms with Crippen LogP contribution in [0.15, 0.2) is 35.4 Å². The molecule has 4 nitrogen and oxygen atoms in total. The minimum atomic E-state index is -0.293. The van der Waals surface area contributed by atoms with Crippen molar-refractivity contribution in [1.82, 2.24) is 4.90 Å². The van der Waals surface area contributed by atoms with Gasteiger partial charge in [0.2, 0.25) is 11.8 Å². The van der Waals surface area contributed by atoms with E-state index >= 15 is 0 Å². The Hall–Kier alpha value is -1.65. The largest absolute Gasteiger partial charge is 0.371 e. The van der Waals surface area contributed by atoms with Crippen LogP contribution in [-0.4, -0.2) is 29.9 Å². The number of fused-ring (bicyclic) bond motifs is 2. The topological polar surface area (TPSA) is 46.6 Å². The van der Waals surface area contributed by atoms with Crippen LogP contribution in [0.4, 0.5) is 0 Å². The first kappa shape index (κ1) is 14.9. The summed E-state index contributed by atoms with van der Waals surface area (Å²) in [5.74, 6) is -0.715. The van der Waals surface area contributed by atoms with E-state index in [-0.39, 0.29) is 29.8 Å². The predicted molar refractivity (Wildman–Crippen MR) is 85.7 cm³/mol. The molecule has 5 heteroatoms. The molecule has 3 unspecified atom stereocenters. The van der Waals surface area contributed by atoms with Crippen molar-refractivity contribution in [3.8, 4) is 0 Å². The van der Waals surface area contributed by atoms with Crippen LogP contribution in [0.3, 0.4) is 0 Å². The fraction of sp³-hybridized carbons (Fsp3) is 0.444. The Bertz CT molecular complexity index is 699. The third-order valence-corrected chi connectivity index (χ3v) is 5.41. The average molecular weight is 332 g/mol. The highest BCUT2D eigenvalue weighted by molar-refractivity contribution is 6.30. The number of imide groups is 1. The van der Waals surface area contributed by atoms with E-state index < -0.39 is 0 Å². The Labute approximate surface area is 140 Å². The molecule has 0 aromatic heterocycles. The smallest absolute Gasteiger partial charge is 0.233 e. The van der Waals surface area contributed by atoms with E-state index in [0.717, 1.165) is 12.0 Å². The summed E-state index contributed by atoms with van der Waals surface area (Å²) in [7, 11) is 0. The molecule has 3 atom stereocenters. The van der Waals surface area contributed by atoms with Gasteiger partial charge in [0.1, 0.15) is 6.10 Å². The van der Waals surface area contributed by atoms with Gasteiger partial charge < -0.3 is 4.74 Å². The summed E-state index contributed by atoms with van der Waals surface area (Å²) in [6.07, 6.45) is 3.56. The van der Waals surface area contributed by atoms with Crippen LogP contribution in [0.2, 0.25) is 0 Å². The molecular weight excluding hydrogens is 314 g/mol. The number of amides is 2. The lowest BCUT2D eigenvalue weighted by atomic mass is 9.85. The van der Waals surface area contributed by atoms with Crippen LogP contribution >= 0.6 is 11.6 Å². The maximum Gasteiger partial charge on any atom is 0.233 e. The van der Waals surface area contributed by atoms with E-state index in [9.17, 15) is 9.59 Å². The normalized spacial score (nSPS) is 30.0. The Morgan fingerprint density at radius 3 is 2.83 bits per heavy atom. The van der Waals surface area contributed by atoms with Gasteiger partial charge in [-0.3, -0.25) is 14.5 Å². The minimum Gasteiger partial charge on any atom is -0.371 e. The van der Waals surface area contributed by atoms with E-state index in [1.54, 1.807) is 0 Å². The van der Waals surface area contributed by atoms with Gasteiger partial charge in [0, 0.05) is 5.03 Å². The lowest BCUT2D eigenvalue weighted by molar-refractivity contribution is -0.142. The molecule has 1 aromatic carbocycles. The number of carbonyl (C=O) groups is 2. The first-order chi connectivity index (χ1) is 11.1. The van der Waals surface area contributed by atoms with E-state index in [4.69, 9.17) is 16.3 Å². The van der Waals surface area contributed by atoms with Gasteiger partial charge in [-0.25, -0.2) is 0 Å². The summed E-state index contributed by atoms with van der Waals surface area (Å²) >= 11 is 6.06. The first-order valence-corrected chi connectivity index (χ1v) is 8.42. The molecule has 1 aliphatic carbocycles. The quantitative estimate of drug-likeness (QED) is 0.783. The van der Waals surface area contributed by atoms with Crippen molar-refractivity contribution < 1.29 is 14.3 Å². The number of rotatable bonds is 2. The molecule has 120 valence electrons. The van der Waals surface area contributed by atoms with Crippen LogP contribution < -0.4 is 0 Å². The first-order valence-electron chi connectivity index (χ1n) is 8.04. The van der Waals surface area contributed by atoms with Gasteiger partial charge in [0.05, 0.1) is 25.0 Å². The highest BCUT2D eigenvalue weighted by Gasteiger charge is 2.49. The van der Waals surface area contributed by atoms with E-state index in [0.29, 0.717) is 31.0 Å². The summed E-state index contributed by atoms with van der Waals surface area (Å²) in [6.45, 7) is 0.928. The molecular formula is C18H18ClNO3. The maximum atomic E-state index is 12.6. The number of allylic oxidation sites excluding steroid dienone is 2. The molecule has 1 saturated heterocycles. The summed E-state index contributed by atoms with van der Waals surface area (Å²) in [5.41, 5.74) is 2.33. The summed E-state index contributed by atoms with van der Waals surface area (Å²) in [6, 6.07) is 8.09. The van der Waals surface area contributed by atoms with Gasteiger partial charge in [-0.05, 0) is 30.4 Å². The lowest BCUT2D eigenvalue weighted by Crippen LogP contribution is -2.37. The number of hydrogen-bond acceptors (Lipinski definition) is 3. The zero-order valence-electron chi connectivity index (χ0n) is 12.7. The van der Waals surface area contributed by atoms with Crippen LogP contribution in [0, 0.1) is 11.8 Å². The van der Waals surface area contributed by atoms with Gasteiger partial charge >= 0.3 is 0 Å². The maximum absolute atomic E-state index is 12.6. The van der Waals surface area contributed by atoms with Crippen molar-refractivity contribution in [2.75, 3.05) is 13.2 Å². The molecule has 3 aliphatic rings. The van der Waals surface area contributed by atoms with Gasteiger partial charge in [-0.15, -0.1) is 0 Å². The van der Waals surface area contributed by atoms with Crippen molar-refractivity contribution in [1.29, 1.82) is 0 Å². The van der Waals surface area contributed by atoms with E-state index in [1.165, 1.54) is 10.5 Å². The van der Waals surface area contributed by atoms with Crippen molar-refractivity contribution in [3.63, 3.8) is 0 Å². The third kappa shape index (κ3) is 2.50. The van der Waals surface area contributed by atoms with Crippen LogP contribution in [-0.2, 0) is 20.7 Å². The number of likely N-dealkylation sites (tertiary alicyclic amines) is 1. The number of hydrogen-bond donors (Lipinski definition) is 0. The van der Waals surface area contributed by atoms with Crippen LogP contribution in [0.5, 0.6) is 0 Å². The van der Waals surface area contributed by atoms with E-state index in [1.807, 2.05) is 24.3 Å². The molecule has 2 aliphatic heterocycles. The van der Waals surface area contributed by atoms with Crippen molar-refractivity contribution in [3.05, 3.63) is 46.5 Å². The van der Waals surface area contributed by atoms with E-state index in [2.05, 4.69) is 6.07 Å². The summed E-state index contributed by atoms with van der Waals surface area (Å²) in [4.78, 5) is 26.7. The molecule has 0 spiro atoms. The lowest BCUT2D eigenvalue weighted by Gasteiger charge is -2.29. The fourth-order valence-corrected chi connectivity index (χ4v) is 4.13. The highest BCUT2D eigenvalue weighted by Crippen LogP contribution is 2.40. The zero-order valence-corrected chi connectivity index (χ0v) is 13.5. The Balaban J connectivity index is 1.57. The van der Waals surface area contributed by atoms with Gasteiger partial charge in [-0.2, -0.15) is 0 Å². The highest BCUT2D eigenvalue weighted by atomic mass is 35.5. The van der Waals surface area contributed by atoms with Crippen LogP contribution in [0.1, 0.15) is 30.1 Å². The molecule has 0 radical (unpaired) electrons. The van der Waals surface area contributed by atoms with Crippen molar-refractivity contribution >= 4 is 23.4 Å². The summed E-state index contributed by atoms with van der Waals surface area (Å²) in [5, 5.41) is 0.688. The van der Waals surface area contributed by atoms with Crippen LogP contribution in [0.25, 0.3) is 0 Å². The minimum absolute atomic E-state index is 0.0768. The second-order valence-corrected chi connectivity index (χ2v) is 6.88. The zero-order chi connectivity index (χ0) is 16.0. The number of ether oxygens (including phenoxy) is 1. The second-order valence-electron chi connectivity index (χ2n) is 6.40. The number of benzene rings is 1. The molecule has 23 heavy (non-hydrogen) atoms. The van der Waals surface area contributed by atoms with Crippen molar-refractivity contribution in [2.24, 2.45) is 11.8 Å². The molecule has 0 N–H and O–H groups in total. The fourth-order valence-electron chi connectivity index (χ4n) is 3.87. The average Bonchev–Trinajstić information content (AvgIpc) is 2.80. The molecule has 0 bridgehead atoms. The molecule has 4 rings (SSSR count). The standard InChI is InChI=1S/C18H18ClNO3/c19-12-5-6-14-15(9-12)18(22)20(17(14)21)10-16-13-4-2-1-3-11(13)7-8-23-16/h1-5,14-16H,6-10H2. The second kappa shape index (κ2) is 5.77. The third-order valence-electron chi connectivity index (χ3n) is 5.10. The molecule has 1 fully saturated rings. The molecule has 2 heterocycles. The Morgan fingerprint density at radius 2 is 1.96 bits per heavy atom. The monoisotopic (exact) mass is 331 g/mol. The number of carbonyl (C=O) groups excluding carboxylic acids is 2.